The maximum Gasteiger partial charge on any atom is 0.274 e. The van der Waals surface area contributed by atoms with Crippen LogP contribution < -0.4 is 5.90 Å². The molecule has 0 unspecified atom stereocenters. The third-order valence-electron chi connectivity index (χ3n) is 1.42. The quantitative estimate of drug-likeness (QED) is 0.503. The third-order valence-corrected chi connectivity index (χ3v) is 1.42. The normalized spacial score (nSPS) is 9.75. The summed E-state index contributed by atoms with van der Waals surface area (Å²) >= 11 is 0. The van der Waals surface area contributed by atoms with Crippen molar-refractivity contribution in [3.8, 4) is 0 Å². The van der Waals surface area contributed by atoms with E-state index in [0.29, 0.717) is 5.56 Å². The minimum atomic E-state index is -0.492. The first-order valence-corrected chi connectivity index (χ1v) is 3.26. The van der Waals surface area contributed by atoms with E-state index < -0.39 is 4.92 Å². The molecule has 0 aliphatic rings. The van der Waals surface area contributed by atoms with Crippen LogP contribution in [0.3, 0.4) is 0 Å². The Morgan fingerprint density at radius 2 is 2.17 bits per heavy atom. The molecule has 0 saturated carbocycles. The summed E-state index contributed by atoms with van der Waals surface area (Å²) < 4.78 is 0. The number of rotatable bonds is 3. The molecule has 1 N–H and O–H groups in total. The number of para-hydroxylation sites is 1. The predicted molar refractivity (Wildman–Crippen MR) is 41.0 cm³/mol. The third kappa shape index (κ3) is 1.77. The van der Waals surface area contributed by atoms with Crippen LogP contribution in [0.4, 0.5) is 5.69 Å². The molecule has 63 valence electrons. The molecule has 0 bridgehead atoms. The van der Waals surface area contributed by atoms with Crippen LogP contribution >= 0.6 is 0 Å². The molecule has 1 radical (unpaired) electrons. The fourth-order valence-electron chi connectivity index (χ4n) is 0.889. The van der Waals surface area contributed by atoms with Crippen molar-refractivity contribution in [3.63, 3.8) is 0 Å². The van der Waals surface area contributed by atoms with Crippen LogP contribution in [0.5, 0.6) is 0 Å². The van der Waals surface area contributed by atoms with E-state index in [4.69, 9.17) is 5.90 Å². The lowest BCUT2D eigenvalue weighted by molar-refractivity contribution is -0.386. The van der Waals surface area contributed by atoms with Gasteiger partial charge in [0.05, 0.1) is 10.5 Å². The summed E-state index contributed by atoms with van der Waals surface area (Å²) in [5, 5.41) is 10.4. The summed E-state index contributed by atoms with van der Waals surface area (Å²) in [5.41, 5.74) is 0.405. The zero-order valence-corrected chi connectivity index (χ0v) is 6.19. The zero-order chi connectivity index (χ0) is 8.97. The van der Waals surface area contributed by atoms with Gasteiger partial charge in [-0.15, -0.1) is 5.90 Å². The number of hydrogen-bond acceptors (Lipinski definition) is 3. The second kappa shape index (κ2) is 3.80. The van der Waals surface area contributed by atoms with Crippen LogP contribution in [0, 0.1) is 10.1 Å². The van der Waals surface area contributed by atoms with Gasteiger partial charge in [0.25, 0.3) is 5.69 Å². The highest BCUT2D eigenvalue weighted by molar-refractivity contribution is 5.39. The second-order valence-corrected chi connectivity index (χ2v) is 2.17. The number of nitro benzene ring substituents is 1. The molecule has 5 heteroatoms. The van der Waals surface area contributed by atoms with E-state index in [-0.39, 0.29) is 12.3 Å². The summed E-state index contributed by atoms with van der Waals surface area (Å²) in [6.07, 6.45) is 0. The molecule has 0 saturated heterocycles. The molecule has 5 nitrogen and oxygen atoms in total. The molecular weight excluding hydrogens is 160 g/mol. The highest BCUT2D eigenvalue weighted by Crippen LogP contribution is 2.17. The van der Waals surface area contributed by atoms with Gasteiger partial charge in [0.1, 0.15) is 6.61 Å². The Balaban J connectivity index is 3.00. The van der Waals surface area contributed by atoms with Gasteiger partial charge >= 0.3 is 0 Å². The first kappa shape index (κ1) is 8.63. The summed E-state index contributed by atoms with van der Waals surface area (Å²) in [5.74, 6) is 6.46. The smallest absolute Gasteiger partial charge is 0.274 e. The molecule has 0 spiro atoms. The minimum Gasteiger partial charge on any atom is -0.280 e. The number of nitro groups is 1. The van der Waals surface area contributed by atoms with E-state index in [0.717, 1.165) is 0 Å². The first-order chi connectivity index (χ1) is 5.75. The van der Waals surface area contributed by atoms with Gasteiger partial charge in [-0.3, -0.25) is 15.0 Å². The highest BCUT2D eigenvalue weighted by atomic mass is 16.6. The molecule has 12 heavy (non-hydrogen) atoms. The number of hydrogen-bond donors (Lipinski definition) is 0. The molecule has 0 heterocycles. The van der Waals surface area contributed by atoms with Crippen LogP contribution in [0.25, 0.3) is 0 Å². The molecule has 0 amide bonds. The van der Waals surface area contributed by atoms with Crippen molar-refractivity contribution in [1.82, 2.24) is 5.90 Å². The molecule has 0 aliphatic heterocycles. The van der Waals surface area contributed by atoms with Gasteiger partial charge in [0.15, 0.2) is 0 Å². The Bertz CT molecular complexity index is 288. The van der Waals surface area contributed by atoms with E-state index in [9.17, 15) is 10.1 Å². The summed E-state index contributed by atoms with van der Waals surface area (Å²) in [6.45, 7) is -0.0584. The van der Waals surface area contributed by atoms with Crippen LogP contribution in [0.1, 0.15) is 5.56 Å². The maximum absolute atomic E-state index is 10.4. The van der Waals surface area contributed by atoms with Crippen molar-refractivity contribution in [2.75, 3.05) is 0 Å². The average Bonchev–Trinajstić information content (AvgIpc) is 2.05. The van der Waals surface area contributed by atoms with Crippen molar-refractivity contribution in [1.29, 1.82) is 0 Å². The van der Waals surface area contributed by atoms with E-state index in [1.54, 1.807) is 18.2 Å². The van der Waals surface area contributed by atoms with Crippen LogP contribution in [0.15, 0.2) is 24.3 Å². The summed E-state index contributed by atoms with van der Waals surface area (Å²) in [4.78, 5) is 14.0. The van der Waals surface area contributed by atoms with Gasteiger partial charge in [0.2, 0.25) is 0 Å². The topological polar surface area (TPSA) is 76.2 Å². The molecule has 0 aromatic heterocycles. The molecule has 0 fully saturated rings. The van der Waals surface area contributed by atoms with Gasteiger partial charge in [-0.25, -0.2) is 0 Å². The van der Waals surface area contributed by atoms with Crippen molar-refractivity contribution >= 4 is 5.69 Å². The number of benzene rings is 1. The number of nitrogens with one attached hydrogen (secondary N) is 1. The Labute approximate surface area is 68.9 Å². The van der Waals surface area contributed by atoms with Crippen molar-refractivity contribution in [2.24, 2.45) is 0 Å². The second-order valence-electron chi connectivity index (χ2n) is 2.17. The Morgan fingerprint density at radius 1 is 1.50 bits per heavy atom. The average molecular weight is 167 g/mol. The van der Waals surface area contributed by atoms with E-state index in [2.05, 4.69) is 4.84 Å². The summed E-state index contributed by atoms with van der Waals surface area (Å²) in [7, 11) is 0. The lowest BCUT2D eigenvalue weighted by Gasteiger charge is -1.98. The molecule has 1 aromatic carbocycles. The Hall–Kier alpha value is -1.46. The lowest BCUT2D eigenvalue weighted by Crippen LogP contribution is -1.96. The fourth-order valence-corrected chi connectivity index (χ4v) is 0.889. The molecular formula is C7H7N2O3. The monoisotopic (exact) mass is 167 g/mol. The first-order valence-electron chi connectivity index (χ1n) is 3.26. The zero-order valence-electron chi connectivity index (χ0n) is 6.19. The fraction of sp³-hybridized carbons (Fsp3) is 0.143. The largest absolute Gasteiger partial charge is 0.280 e. The van der Waals surface area contributed by atoms with Crippen molar-refractivity contribution < 1.29 is 9.76 Å². The van der Waals surface area contributed by atoms with E-state index in [1.165, 1.54) is 6.07 Å². The standard InChI is InChI=1S/C7H7N2O3/c8-12-5-6-3-1-2-4-7(6)9(10)11/h1-4,8H,5H2. The van der Waals surface area contributed by atoms with Gasteiger partial charge in [0, 0.05) is 6.07 Å². The Morgan fingerprint density at radius 3 is 2.75 bits per heavy atom. The van der Waals surface area contributed by atoms with Gasteiger partial charge in [-0.2, -0.15) is 0 Å². The van der Waals surface area contributed by atoms with Crippen molar-refractivity contribution in [2.45, 2.75) is 6.61 Å². The molecule has 1 aromatic rings. The minimum absolute atomic E-state index is 0.00949. The Kier molecular flexibility index (Phi) is 2.73. The SMILES string of the molecule is [NH]OCc1ccccc1[N+](=O)[O-]. The highest BCUT2D eigenvalue weighted by Gasteiger charge is 2.11. The number of nitrogens with zero attached hydrogens (tertiary/aromatic N) is 1. The molecule has 1 rings (SSSR count). The van der Waals surface area contributed by atoms with Crippen molar-refractivity contribution in [3.05, 3.63) is 39.9 Å². The van der Waals surface area contributed by atoms with Gasteiger partial charge in [-0.05, 0) is 6.07 Å². The van der Waals surface area contributed by atoms with Gasteiger partial charge < -0.3 is 0 Å². The van der Waals surface area contributed by atoms with E-state index >= 15 is 0 Å². The predicted octanol–water partition coefficient (Wildman–Crippen LogP) is 1.31. The summed E-state index contributed by atoms with van der Waals surface area (Å²) in [6, 6.07) is 6.19. The van der Waals surface area contributed by atoms with Crippen LogP contribution in [0.2, 0.25) is 0 Å². The van der Waals surface area contributed by atoms with Gasteiger partial charge in [-0.1, -0.05) is 12.1 Å². The molecule has 0 aliphatic carbocycles. The van der Waals surface area contributed by atoms with Crippen LogP contribution in [-0.4, -0.2) is 4.92 Å². The van der Waals surface area contributed by atoms with E-state index in [1.807, 2.05) is 0 Å². The lowest BCUT2D eigenvalue weighted by atomic mass is 10.2. The molecule has 0 atom stereocenters. The maximum atomic E-state index is 10.4. The van der Waals surface area contributed by atoms with Crippen LogP contribution in [-0.2, 0) is 11.4 Å².